The summed E-state index contributed by atoms with van der Waals surface area (Å²) in [5.41, 5.74) is 1.18. The topological polar surface area (TPSA) is 37.3 Å². The summed E-state index contributed by atoms with van der Waals surface area (Å²) in [5, 5.41) is 6.36. The van der Waals surface area contributed by atoms with Gasteiger partial charge in [-0.15, -0.1) is 11.3 Å². The molecule has 0 saturated carbocycles. The third kappa shape index (κ3) is 3.86. The average Bonchev–Trinajstić information content (AvgIpc) is 3.23. The maximum atomic E-state index is 12.2. The van der Waals surface area contributed by atoms with Gasteiger partial charge in [0.15, 0.2) is 0 Å². The molecule has 5 heteroatoms. The molecule has 1 N–H and O–H groups in total. The van der Waals surface area contributed by atoms with Crippen LogP contribution in [0.5, 0.6) is 0 Å². The maximum absolute atomic E-state index is 12.2. The molecule has 2 heterocycles. The molecule has 0 aliphatic carbocycles. The fourth-order valence-electron chi connectivity index (χ4n) is 2.88. The number of thiophene rings is 1. The number of nitrogens with zero attached hydrogens (tertiary/aromatic N) is 2. The number of nitrogens with one attached hydrogen (secondary N) is 1. The average molecular weight is 341 g/mol. The molecule has 1 atom stereocenters. The van der Waals surface area contributed by atoms with Crippen molar-refractivity contribution in [3.05, 3.63) is 58.9 Å². The molecule has 0 spiro atoms. The Morgan fingerprint density at radius 2 is 2.04 bits per heavy atom. The van der Waals surface area contributed by atoms with Crippen LogP contribution in [0.2, 0.25) is 0 Å². The number of hydrogen-bond donors (Lipinski definition) is 1. The molecule has 126 valence electrons. The largest absolute Gasteiger partial charge is 0.354 e. The van der Waals surface area contributed by atoms with E-state index in [4.69, 9.17) is 0 Å². The van der Waals surface area contributed by atoms with Gasteiger partial charge in [-0.1, -0.05) is 24.3 Å². The van der Waals surface area contributed by atoms with Crippen molar-refractivity contribution in [2.45, 2.75) is 19.0 Å². The van der Waals surface area contributed by atoms with Gasteiger partial charge in [0, 0.05) is 36.1 Å². The van der Waals surface area contributed by atoms with Crippen molar-refractivity contribution in [2.75, 3.05) is 20.6 Å². The highest BCUT2D eigenvalue weighted by molar-refractivity contribution is 7.10. The number of benzene rings is 1. The smallest absolute Gasteiger partial charge is 0.221 e. The van der Waals surface area contributed by atoms with Crippen LogP contribution in [-0.4, -0.2) is 36.0 Å². The number of carbonyl (C=O) groups excluding carboxylic acids is 1. The van der Waals surface area contributed by atoms with E-state index in [1.807, 2.05) is 32.4 Å². The number of rotatable bonds is 7. The number of amides is 1. The minimum absolute atomic E-state index is 0.0937. The van der Waals surface area contributed by atoms with E-state index in [-0.39, 0.29) is 11.9 Å². The van der Waals surface area contributed by atoms with E-state index in [2.05, 4.69) is 50.5 Å². The van der Waals surface area contributed by atoms with Crippen molar-refractivity contribution in [3.8, 4) is 0 Å². The van der Waals surface area contributed by atoms with Crippen LogP contribution in [0.3, 0.4) is 0 Å². The fourth-order valence-corrected chi connectivity index (χ4v) is 3.80. The Morgan fingerprint density at radius 1 is 1.21 bits per heavy atom. The summed E-state index contributed by atoms with van der Waals surface area (Å²) < 4.78 is 2.14. The van der Waals surface area contributed by atoms with Crippen LogP contribution >= 0.6 is 11.3 Å². The summed E-state index contributed by atoms with van der Waals surface area (Å²) in [6.45, 7) is 1.34. The molecule has 2 aromatic heterocycles. The first kappa shape index (κ1) is 16.7. The van der Waals surface area contributed by atoms with Crippen LogP contribution in [-0.2, 0) is 11.3 Å². The minimum Gasteiger partial charge on any atom is -0.354 e. The molecule has 1 amide bonds. The Labute approximate surface area is 146 Å². The second-order valence-electron chi connectivity index (χ2n) is 6.12. The lowest BCUT2D eigenvalue weighted by Gasteiger charge is -2.23. The zero-order valence-corrected chi connectivity index (χ0v) is 14.9. The van der Waals surface area contributed by atoms with E-state index < -0.39 is 0 Å². The van der Waals surface area contributed by atoms with Gasteiger partial charge in [0.25, 0.3) is 0 Å². The second-order valence-corrected chi connectivity index (χ2v) is 7.10. The lowest BCUT2D eigenvalue weighted by atomic mass is 10.2. The zero-order chi connectivity index (χ0) is 16.9. The van der Waals surface area contributed by atoms with Crippen molar-refractivity contribution in [3.63, 3.8) is 0 Å². The van der Waals surface area contributed by atoms with E-state index in [9.17, 15) is 4.79 Å². The first-order valence-corrected chi connectivity index (χ1v) is 9.03. The first-order valence-electron chi connectivity index (χ1n) is 8.15. The van der Waals surface area contributed by atoms with Crippen molar-refractivity contribution < 1.29 is 4.79 Å². The predicted molar refractivity (Wildman–Crippen MR) is 100 cm³/mol. The van der Waals surface area contributed by atoms with Gasteiger partial charge < -0.3 is 14.8 Å². The van der Waals surface area contributed by atoms with Crippen LogP contribution in [0, 0.1) is 0 Å². The van der Waals surface area contributed by atoms with Crippen LogP contribution in [0.15, 0.2) is 54.0 Å². The van der Waals surface area contributed by atoms with Gasteiger partial charge >= 0.3 is 0 Å². The molecule has 3 rings (SSSR count). The molecular formula is C19H23N3OS. The molecule has 0 saturated heterocycles. The molecule has 0 radical (unpaired) electrons. The van der Waals surface area contributed by atoms with E-state index in [1.165, 1.54) is 15.8 Å². The van der Waals surface area contributed by atoms with Crippen molar-refractivity contribution in [1.29, 1.82) is 0 Å². The van der Waals surface area contributed by atoms with Gasteiger partial charge in [0.05, 0.1) is 6.04 Å². The van der Waals surface area contributed by atoms with Gasteiger partial charge in [-0.3, -0.25) is 4.79 Å². The number of fused-ring (bicyclic) bond motifs is 1. The van der Waals surface area contributed by atoms with Crippen molar-refractivity contribution >= 4 is 28.1 Å². The van der Waals surface area contributed by atoms with Gasteiger partial charge in [-0.25, -0.2) is 0 Å². The molecular weight excluding hydrogens is 318 g/mol. The van der Waals surface area contributed by atoms with Crippen LogP contribution in [0.1, 0.15) is 17.3 Å². The number of aryl methyl sites for hydroxylation is 1. The summed E-state index contributed by atoms with van der Waals surface area (Å²) in [6.07, 6.45) is 2.54. The van der Waals surface area contributed by atoms with Crippen LogP contribution in [0.25, 0.3) is 10.9 Å². The van der Waals surface area contributed by atoms with Crippen molar-refractivity contribution in [2.24, 2.45) is 0 Å². The fraction of sp³-hybridized carbons (Fsp3) is 0.316. The van der Waals surface area contributed by atoms with Gasteiger partial charge in [0.1, 0.15) is 0 Å². The zero-order valence-electron chi connectivity index (χ0n) is 14.1. The first-order chi connectivity index (χ1) is 11.6. The standard InChI is InChI=1S/C19H23N3OS/c1-21(2)17(18-8-5-13-24-18)14-20-19(23)10-12-22-11-9-15-6-3-4-7-16(15)22/h3-9,11,13,17H,10,12,14H2,1-2H3,(H,20,23). The highest BCUT2D eigenvalue weighted by Gasteiger charge is 2.16. The summed E-state index contributed by atoms with van der Waals surface area (Å²) >= 11 is 1.73. The number of para-hydroxylation sites is 1. The van der Waals surface area contributed by atoms with Gasteiger partial charge in [-0.05, 0) is 43.1 Å². The molecule has 0 bridgehead atoms. The lowest BCUT2D eigenvalue weighted by Crippen LogP contribution is -2.34. The van der Waals surface area contributed by atoms with E-state index in [0.717, 1.165) is 0 Å². The normalized spacial score (nSPS) is 12.6. The summed E-state index contributed by atoms with van der Waals surface area (Å²) in [5.74, 6) is 0.0937. The Hall–Kier alpha value is -2.11. The summed E-state index contributed by atoms with van der Waals surface area (Å²) in [4.78, 5) is 15.7. The molecule has 0 fully saturated rings. The van der Waals surface area contributed by atoms with E-state index in [1.54, 1.807) is 11.3 Å². The van der Waals surface area contributed by atoms with Gasteiger partial charge in [-0.2, -0.15) is 0 Å². The Bertz CT molecular complexity index is 792. The SMILES string of the molecule is CN(C)C(CNC(=O)CCn1ccc2ccccc21)c1cccs1. The Kier molecular flexibility index (Phi) is 5.33. The molecule has 3 aromatic rings. The van der Waals surface area contributed by atoms with Crippen molar-refractivity contribution in [1.82, 2.24) is 14.8 Å². The number of hydrogen-bond acceptors (Lipinski definition) is 3. The molecule has 1 unspecified atom stereocenters. The summed E-state index contributed by atoms with van der Waals surface area (Å²) in [6, 6.07) is 14.7. The molecule has 0 aliphatic rings. The van der Waals surface area contributed by atoms with Crippen LogP contribution in [0.4, 0.5) is 0 Å². The third-order valence-electron chi connectivity index (χ3n) is 4.25. The van der Waals surface area contributed by atoms with E-state index in [0.29, 0.717) is 19.5 Å². The third-order valence-corrected chi connectivity index (χ3v) is 5.22. The lowest BCUT2D eigenvalue weighted by molar-refractivity contribution is -0.121. The second kappa shape index (κ2) is 7.64. The Balaban J connectivity index is 1.54. The highest BCUT2D eigenvalue weighted by Crippen LogP contribution is 2.22. The Morgan fingerprint density at radius 3 is 2.79 bits per heavy atom. The number of carbonyl (C=O) groups is 1. The molecule has 0 aliphatic heterocycles. The highest BCUT2D eigenvalue weighted by atomic mass is 32.1. The maximum Gasteiger partial charge on any atom is 0.221 e. The van der Waals surface area contributed by atoms with Gasteiger partial charge in [0.2, 0.25) is 5.91 Å². The molecule has 24 heavy (non-hydrogen) atoms. The number of aromatic nitrogens is 1. The monoisotopic (exact) mass is 341 g/mol. The van der Waals surface area contributed by atoms with Crippen LogP contribution < -0.4 is 5.32 Å². The van der Waals surface area contributed by atoms with E-state index >= 15 is 0 Å². The summed E-state index contributed by atoms with van der Waals surface area (Å²) in [7, 11) is 4.09. The molecule has 1 aromatic carbocycles. The quantitative estimate of drug-likeness (QED) is 0.714. The molecule has 4 nitrogen and oxygen atoms in total. The number of likely N-dealkylation sites (N-methyl/N-ethyl adjacent to an activating group) is 1. The predicted octanol–water partition coefficient (Wildman–Crippen LogP) is 3.51. The minimum atomic E-state index is 0.0937.